The quantitative estimate of drug-likeness (QED) is 0.212. The molecular formula is C46H60O6S2. The molecule has 0 atom stereocenters. The van der Waals surface area contributed by atoms with Crippen LogP contribution in [0.5, 0.6) is 5.75 Å². The highest BCUT2D eigenvalue weighted by molar-refractivity contribution is 7.87. The summed E-state index contributed by atoms with van der Waals surface area (Å²) < 4.78 is 73.0. The summed E-state index contributed by atoms with van der Waals surface area (Å²) in [6.45, 7) is 5.41. The smallest absolute Gasteiger partial charge is 0.339 e. The van der Waals surface area contributed by atoms with E-state index in [0.717, 1.165) is 67.4 Å². The molecule has 6 nitrogen and oxygen atoms in total. The second-order valence-electron chi connectivity index (χ2n) is 21.8. The Kier molecular flexibility index (Phi) is 7.59. The minimum Gasteiger partial charge on any atom is -0.379 e. The summed E-state index contributed by atoms with van der Waals surface area (Å²) >= 11 is 0. The van der Waals surface area contributed by atoms with Gasteiger partial charge in [0.2, 0.25) is 0 Å². The third-order valence-corrected chi connectivity index (χ3v) is 19.9. The van der Waals surface area contributed by atoms with Gasteiger partial charge in [-0.3, -0.25) is 4.55 Å². The molecule has 1 N–H and O–H groups in total. The van der Waals surface area contributed by atoms with Crippen molar-refractivity contribution in [3.8, 4) is 5.75 Å². The minimum absolute atomic E-state index is 0.150. The zero-order valence-electron chi connectivity index (χ0n) is 32.6. The Morgan fingerprint density at radius 2 is 0.926 bits per heavy atom. The zero-order valence-corrected chi connectivity index (χ0v) is 34.2. The van der Waals surface area contributed by atoms with Crippen LogP contribution in [0.1, 0.15) is 163 Å². The van der Waals surface area contributed by atoms with Crippen molar-refractivity contribution in [2.45, 2.75) is 168 Å². The van der Waals surface area contributed by atoms with Crippen LogP contribution in [0.2, 0.25) is 0 Å². The molecule has 0 amide bonds. The van der Waals surface area contributed by atoms with Gasteiger partial charge in [0.05, 0.1) is 4.90 Å². The van der Waals surface area contributed by atoms with Crippen LogP contribution in [0.4, 0.5) is 0 Å². The molecule has 0 heterocycles. The van der Waals surface area contributed by atoms with Gasteiger partial charge in [0, 0.05) is 0 Å². The highest BCUT2D eigenvalue weighted by Gasteiger charge is 2.59. The molecule has 54 heavy (non-hydrogen) atoms. The van der Waals surface area contributed by atoms with Crippen molar-refractivity contribution in [3.05, 3.63) is 52.1 Å². The van der Waals surface area contributed by atoms with Crippen LogP contribution in [-0.2, 0) is 36.5 Å². The highest BCUT2D eigenvalue weighted by atomic mass is 32.2. The van der Waals surface area contributed by atoms with Gasteiger partial charge < -0.3 is 4.18 Å². The van der Waals surface area contributed by atoms with E-state index in [1.54, 1.807) is 13.0 Å². The van der Waals surface area contributed by atoms with Crippen LogP contribution in [0.3, 0.4) is 0 Å². The standard InChI is InChI=1S/C46H60O6S2/c1-26(2)38-16-41(27(3)4-42(38)53(47,48)49)52-54(50,51)43-39(45-20-31-8-32(21-45)10-33(9-31)22-45)14-37(44-17-28-5-29(18-44)7-30(6-28)19-44)15-40(43)46-23-34-11-35(24-46)13-36(12-34)25-46/h4,14-16,26,28-36H,5-13,17-25H2,1-3H3,(H,47,48,49). The lowest BCUT2D eigenvalue weighted by molar-refractivity contribution is -0.0138. The largest absolute Gasteiger partial charge is 0.379 e. The Morgan fingerprint density at radius 3 is 1.26 bits per heavy atom. The van der Waals surface area contributed by atoms with E-state index in [1.165, 1.54) is 88.7 Å². The SMILES string of the molecule is Cc1cc(S(=O)(=O)O)c(C(C)C)cc1OS(=O)(=O)c1c(C23CC4CC(CC(C4)C2)C3)cc(C23CC4CC(CC(C4)C2)C3)cc1C12CC3CC(CC(C3)C1)C2. The number of benzene rings is 2. The van der Waals surface area contributed by atoms with E-state index in [2.05, 4.69) is 12.1 Å². The molecule has 0 spiro atoms. The average Bonchev–Trinajstić information content (AvgIpc) is 3.06. The van der Waals surface area contributed by atoms with Gasteiger partial charge in [-0.2, -0.15) is 16.8 Å². The van der Waals surface area contributed by atoms with E-state index >= 15 is 8.42 Å². The molecule has 0 aromatic heterocycles. The molecule has 12 saturated carbocycles. The number of aryl methyl sites for hydroxylation is 1. The summed E-state index contributed by atoms with van der Waals surface area (Å²) in [5.41, 5.74) is 4.31. The molecular weight excluding hydrogens is 713 g/mol. The van der Waals surface area contributed by atoms with Gasteiger partial charge in [-0.1, -0.05) is 26.0 Å². The summed E-state index contributed by atoms with van der Waals surface area (Å²) in [7, 11) is -8.87. The number of hydrogen-bond acceptors (Lipinski definition) is 5. The fourth-order valence-corrected chi connectivity index (χ4v) is 19.4. The highest BCUT2D eigenvalue weighted by Crippen LogP contribution is 2.67. The summed E-state index contributed by atoms with van der Waals surface area (Å²) in [6.07, 6.45) is 22.3. The molecule has 8 heteroatoms. The van der Waals surface area contributed by atoms with E-state index < -0.39 is 20.2 Å². The zero-order chi connectivity index (χ0) is 37.2. The van der Waals surface area contributed by atoms with Crippen LogP contribution in [0.25, 0.3) is 0 Å². The molecule has 0 radical (unpaired) electrons. The second-order valence-corrected chi connectivity index (χ2v) is 24.7. The first-order valence-corrected chi connectivity index (χ1v) is 24.7. The number of rotatable bonds is 8. The van der Waals surface area contributed by atoms with Crippen molar-refractivity contribution in [2.24, 2.45) is 53.3 Å². The normalized spacial score (nSPS) is 42.7. The van der Waals surface area contributed by atoms with Crippen LogP contribution in [-0.4, -0.2) is 21.4 Å². The average molecular weight is 773 g/mol. The van der Waals surface area contributed by atoms with E-state index in [9.17, 15) is 13.0 Å². The molecule has 0 aliphatic heterocycles. The van der Waals surface area contributed by atoms with Crippen molar-refractivity contribution < 1.29 is 25.6 Å². The van der Waals surface area contributed by atoms with Gasteiger partial charge in [0.15, 0.2) is 0 Å². The van der Waals surface area contributed by atoms with E-state index in [1.807, 2.05) is 13.8 Å². The van der Waals surface area contributed by atoms with Crippen LogP contribution < -0.4 is 4.18 Å². The van der Waals surface area contributed by atoms with E-state index in [0.29, 0.717) is 51.5 Å². The predicted octanol–water partition coefficient (Wildman–Crippen LogP) is 10.5. The van der Waals surface area contributed by atoms with Crippen molar-refractivity contribution in [3.63, 3.8) is 0 Å². The van der Waals surface area contributed by atoms with Crippen molar-refractivity contribution in [1.82, 2.24) is 0 Å². The minimum atomic E-state index is -4.51. The summed E-state index contributed by atoms with van der Waals surface area (Å²) in [5, 5.41) is 0. The lowest BCUT2D eigenvalue weighted by atomic mass is 9.45. The van der Waals surface area contributed by atoms with Gasteiger partial charge in [0.1, 0.15) is 10.6 Å². The fraction of sp³-hybridized carbons (Fsp3) is 0.739. The van der Waals surface area contributed by atoms with Crippen LogP contribution in [0, 0.1) is 60.2 Å². The Hall–Kier alpha value is -1.90. The molecule has 0 unspecified atom stereocenters. The molecule has 292 valence electrons. The van der Waals surface area contributed by atoms with Crippen molar-refractivity contribution in [1.29, 1.82) is 0 Å². The van der Waals surface area contributed by atoms with Gasteiger partial charge >= 0.3 is 10.1 Å². The first kappa shape index (κ1) is 35.3. The Morgan fingerprint density at radius 1 is 0.574 bits per heavy atom. The summed E-state index contributed by atoms with van der Waals surface area (Å²) in [6, 6.07) is 7.95. The lowest BCUT2D eigenvalue weighted by Gasteiger charge is -2.60. The Balaban J connectivity index is 1.15. The molecule has 0 saturated heterocycles. The molecule has 2 aromatic carbocycles. The Bertz CT molecular complexity index is 1970. The predicted molar refractivity (Wildman–Crippen MR) is 209 cm³/mol. The monoisotopic (exact) mass is 772 g/mol. The van der Waals surface area contributed by atoms with E-state index in [4.69, 9.17) is 4.18 Å². The van der Waals surface area contributed by atoms with E-state index in [-0.39, 0.29) is 32.8 Å². The second kappa shape index (κ2) is 11.6. The third kappa shape index (κ3) is 5.36. The third-order valence-electron chi connectivity index (χ3n) is 17.6. The summed E-state index contributed by atoms with van der Waals surface area (Å²) in [5.74, 6) is 6.33. The van der Waals surface area contributed by atoms with Gasteiger partial charge in [0.25, 0.3) is 10.1 Å². The molecule has 2 aromatic rings. The van der Waals surface area contributed by atoms with Crippen molar-refractivity contribution >= 4 is 20.2 Å². The molecule has 14 rings (SSSR count). The topological polar surface area (TPSA) is 97.7 Å². The maximum absolute atomic E-state index is 15.7. The maximum atomic E-state index is 15.7. The first-order chi connectivity index (χ1) is 25.6. The Labute approximate surface area is 323 Å². The summed E-state index contributed by atoms with van der Waals surface area (Å²) in [4.78, 5) is 0.326. The molecule has 12 fully saturated rings. The van der Waals surface area contributed by atoms with Gasteiger partial charge in [-0.15, -0.1) is 0 Å². The van der Waals surface area contributed by atoms with Crippen LogP contribution in [0.15, 0.2) is 34.1 Å². The first-order valence-electron chi connectivity index (χ1n) is 21.8. The maximum Gasteiger partial charge on any atom is 0.339 e. The van der Waals surface area contributed by atoms with Crippen molar-refractivity contribution in [2.75, 3.05) is 0 Å². The lowest BCUT2D eigenvalue weighted by Crippen LogP contribution is -2.52. The molecule has 12 aliphatic rings. The molecule has 12 bridgehead atoms. The molecule has 12 aliphatic carbocycles. The number of hydrogen-bond donors (Lipinski definition) is 1. The van der Waals surface area contributed by atoms with Crippen LogP contribution >= 0.6 is 0 Å². The van der Waals surface area contributed by atoms with Gasteiger partial charge in [-0.05, 0) is 238 Å². The van der Waals surface area contributed by atoms with Gasteiger partial charge in [-0.25, -0.2) is 0 Å². The fourth-order valence-electron chi connectivity index (χ4n) is 16.9.